The molecule has 6 atom stereocenters. The zero-order chi connectivity index (χ0) is 68.0. The monoisotopic (exact) mass is 1350 g/mol. The van der Waals surface area contributed by atoms with Crippen molar-refractivity contribution in [3.8, 4) is 0 Å². The van der Waals surface area contributed by atoms with Crippen molar-refractivity contribution in [1.29, 1.82) is 0 Å². The molecular weight excluding hydrogens is 1210 g/mol. The van der Waals surface area contributed by atoms with E-state index in [2.05, 4.69) is 72.8 Å². The lowest BCUT2D eigenvalue weighted by Gasteiger charge is -2.21. The second-order valence-electron chi connectivity index (χ2n) is 26.8. The Hall–Kier alpha value is -2.46. The number of aliphatic hydroxyl groups excluding tert-OH is 1. The van der Waals surface area contributed by atoms with Crippen LogP contribution >= 0.6 is 15.6 Å². The molecule has 3 N–H and O–H groups in total. The van der Waals surface area contributed by atoms with Crippen LogP contribution in [0.15, 0.2) is 24.3 Å². The summed E-state index contributed by atoms with van der Waals surface area (Å²) in [5, 5.41) is 10.6. The average Bonchev–Trinajstić information content (AvgIpc) is 2.65. The summed E-state index contributed by atoms with van der Waals surface area (Å²) in [6.07, 6.45) is 50.7. The molecule has 542 valence electrons. The number of esters is 4. The van der Waals surface area contributed by atoms with E-state index in [1.165, 1.54) is 128 Å². The highest BCUT2D eigenvalue weighted by Gasteiger charge is 2.30. The second kappa shape index (κ2) is 63.3. The van der Waals surface area contributed by atoms with Crippen molar-refractivity contribution in [2.24, 2.45) is 17.8 Å². The van der Waals surface area contributed by atoms with Crippen LogP contribution in [0.4, 0.5) is 0 Å². The maximum Gasteiger partial charge on any atom is 0.472 e. The minimum absolute atomic E-state index is 0.0989. The third-order valence-corrected chi connectivity index (χ3v) is 18.5. The fourth-order valence-electron chi connectivity index (χ4n) is 10.5. The van der Waals surface area contributed by atoms with Gasteiger partial charge in [0.15, 0.2) is 12.2 Å². The molecule has 0 aromatic rings. The van der Waals surface area contributed by atoms with Crippen LogP contribution in [0.25, 0.3) is 0 Å². The minimum Gasteiger partial charge on any atom is -0.462 e. The van der Waals surface area contributed by atoms with Gasteiger partial charge in [-0.05, 0) is 69.1 Å². The molecule has 0 aliphatic carbocycles. The third-order valence-electron chi connectivity index (χ3n) is 16.6. The molecule has 0 aliphatic rings. The van der Waals surface area contributed by atoms with Gasteiger partial charge in [-0.25, -0.2) is 9.13 Å². The van der Waals surface area contributed by atoms with Crippen molar-refractivity contribution in [2.75, 3.05) is 39.6 Å². The van der Waals surface area contributed by atoms with Gasteiger partial charge in [0.1, 0.15) is 19.3 Å². The number of phosphoric ester groups is 2. The summed E-state index contributed by atoms with van der Waals surface area (Å²) >= 11 is 0. The Labute approximate surface area is 561 Å². The summed E-state index contributed by atoms with van der Waals surface area (Å²) < 4.78 is 68.4. The van der Waals surface area contributed by atoms with Crippen LogP contribution in [-0.2, 0) is 65.4 Å². The molecule has 0 saturated carbocycles. The van der Waals surface area contributed by atoms with Crippen LogP contribution in [0, 0.1) is 17.8 Å². The van der Waals surface area contributed by atoms with Gasteiger partial charge in [-0.15, -0.1) is 0 Å². The molecular formula is C73H138O17P2. The quantitative estimate of drug-likeness (QED) is 0.0169. The summed E-state index contributed by atoms with van der Waals surface area (Å²) in [5.41, 5.74) is 0. The average molecular weight is 1350 g/mol. The summed E-state index contributed by atoms with van der Waals surface area (Å²) in [4.78, 5) is 72.6. The molecule has 0 amide bonds. The van der Waals surface area contributed by atoms with Crippen LogP contribution in [-0.4, -0.2) is 96.7 Å². The lowest BCUT2D eigenvalue weighted by atomic mass is 9.99. The highest BCUT2D eigenvalue weighted by molar-refractivity contribution is 7.47. The first-order valence-electron chi connectivity index (χ1n) is 37.2. The number of ether oxygens (including phenoxy) is 4. The van der Waals surface area contributed by atoms with E-state index in [1.54, 1.807) is 0 Å². The number of carbonyl (C=O) groups excluding carboxylic acids is 4. The predicted octanol–water partition coefficient (Wildman–Crippen LogP) is 20.6. The van der Waals surface area contributed by atoms with E-state index in [1.807, 2.05) is 0 Å². The van der Waals surface area contributed by atoms with Gasteiger partial charge < -0.3 is 33.8 Å². The predicted molar refractivity (Wildman–Crippen MR) is 372 cm³/mol. The van der Waals surface area contributed by atoms with Gasteiger partial charge >= 0.3 is 39.5 Å². The molecule has 0 aromatic heterocycles. The smallest absolute Gasteiger partial charge is 0.462 e. The zero-order valence-electron chi connectivity index (χ0n) is 59.5. The van der Waals surface area contributed by atoms with E-state index >= 15 is 0 Å². The SMILES string of the molecule is CCCCCC/C=C\C=C/CCCCCCCC(=O)OC[C@H](COP(=O)(O)OCC(O)COP(=O)(O)OC[C@@H](COC(=O)CCCCCCCCCC(C)C)OC(=O)CCCCCCCCCCCCC(C)C)OC(=O)CCCCCCCCCCCCC(C)CC. The summed E-state index contributed by atoms with van der Waals surface area (Å²) in [6.45, 7) is 11.8. The first kappa shape index (κ1) is 89.5. The van der Waals surface area contributed by atoms with Crippen molar-refractivity contribution in [2.45, 2.75) is 362 Å². The summed E-state index contributed by atoms with van der Waals surface area (Å²) in [5.74, 6) is 0.100. The van der Waals surface area contributed by atoms with Gasteiger partial charge in [0.2, 0.25) is 0 Å². The largest absolute Gasteiger partial charge is 0.472 e. The fourth-order valence-corrected chi connectivity index (χ4v) is 12.1. The number of hydrogen-bond acceptors (Lipinski definition) is 15. The Morgan fingerprint density at radius 2 is 0.641 bits per heavy atom. The van der Waals surface area contributed by atoms with Crippen molar-refractivity contribution in [3.63, 3.8) is 0 Å². The van der Waals surface area contributed by atoms with E-state index in [9.17, 15) is 43.2 Å². The van der Waals surface area contributed by atoms with Gasteiger partial charge in [-0.3, -0.25) is 37.3 Å². The molecule has 0 radical (unpaired) electrons. The van der Waals surface area contributed by atoms with Crippen LogP contribution in [0.5, 0.6) is 0 Å². The maximum absolute atomic E-state index is 13.0. The fraction of sp³-hybridized carbons (Fsp3) is 0.890. The van der Waals surface area contributed by atoms with E-state index in [0.29, 0.717) is 31.6 Å². The number of phosphoric acid groups is 2. The Balaban J connectivity index is 5.30. The Bertz CT molecular complexity index is 1900. The van der Waals surface area contributed by atoms with E-state index in [0.717, 1.165) is 127 Å². The molecule has 19 heteroatoms. The second-order valence-corrected chi connectivity index (χ2v) is 29.7. The maximum atomic E-state index is 13.0. The van der Waals surface area contributed by atoms with Crippen molar-refractivity contribution in [3.05, 3.63) is 24.3 Å². The van der Waals surface area contributed by atoms with Gasteiger partial charge in [-0.2, -0.15) is 0 Å². The van der Waals surface area contributed by atoms with Crippen molar-refractivity contribution >= 4 is 39.5 Å². The number of hydrogen-bond donors (Lipinski definition) is 3. The highest BCUT2D eigenvalue weighted by atomic mass is 31.2. The first-order chi connectivity index (χ1) is 44.3. The Kier molecular flexibility index (Phi) is 61.6. The van der Waals surface area contributed by atoms with Gasteiger partial charge in [0.05, 0.1) is 26.4 Å². The summed E-state index contributed by atoms with van der Waals surface area (Å²) in [7, 11) is -9.92. The van der Waals surface area contributed by atoms with Gasteiger partial charge in [0, 0.05) is 25.7 Å². The van der Waals surface area contributed by atoms with Gasteiger partial charge in [-0.1, -0.05) is 291 Å². The molecule has 0 aromatic carbocycles. The summed E-state index contributed by atoms with van der Waals surface area (Å²) in [6, 6.07) is 0. The molecule has 0 fully saturated rings. The van der Waals surface area contributed by atoms with E-state index in [-0.39, 0.29) is 25.7 Å². The van der Waals surface area contributed by atoms with Crippen LogP contribution in [0.2, 0.25) is 0 Å². The van der Waals surface area contributed by atoms with Crippen LogP contribution in [0.1, 0.15) is 344 Å². The molecule has 0 heterocycles. The molecule has 92 heavy (non-hydrogen) atoms. The minimum atomic E-state index is -4.96. The number of allylic oxidation sites excluding steroid dienone is 4. The number of aliphatic hydroxyl groups is 1. The number of carbonyl (C=O) groups is 4. The van der Waals surface area contributed by atoms with E-state index < -0.39 is 97.5 Å². The van der Waals surface area contributed by atoms with Crippen LogP contribution < -0.4 is 0 Å². The molecule has 17 nitrogen and oxygen atoms in total. The normalized spacial score (nSPS) is 14.6. The molecule has 0 bridgehead atoms. The number of unbranched alkanes of at least 4 members (excludes halogenated alkanes) is 33. The van der Waals surface area contributed by atoms with Crippen molar-refractivity contribution < 1.29 is 80.2 Å². The van der Waals surface area contributed by atoms with Gasteiger partial charge in [0.25, 0.3) is 0 Å². The first-order valence-corrected chi connectivity index (χ1v) is 40.2. The number of rotatable bonds is 69. The van der Waals surface area contributed by atoms with Crippen molar-refractivity contribution in [1.82, 2.24) is 0 Å². The Morgan fingerprint density at radius 1 is 0.359 bits per heavy atom. The van der Waals surface area contributed by atoms with E-state index in [4.69, 9.17) is 37.0 Å². The van der Waals surface area contributed by atoms with Crippen LogP contribution in [0.3, 0.4) is 0 Å². The lowest BCUT2D eigenvalue weighted by molar-refractivity contribution is -0.161. The lowest BCUT2D eigenvalue weighted by Crippen LogP contribution is -2.30. The third kappa shape index (κ3) is 64.9. The molecule has 0 aliphatic heterocycles. The highest BCUT2D eigenvalue weighted by Crippen LogP contribution is 2.45. The molecule has 0 spiro atoms. The zero-order valence-corrected chi connectivity index (χ0v) is 61.3. The molecule has 0 rings (SSSR count). The molecule has 4 unspecified atom stereocenters. The Morgan fingerprint density at radius 3 is 0.967 bits per heavy atom. The molecule has 0 saturated heterocycles. The topological polar surface area (TPSA) is 237 Å². The standard InChI is InChI=1S/C73H138O17P2/c1-8-10-11-12-13-14-15-16-17-18-19-26-33-40-47-54-70(75)83-60-68(89-73(78)57-50-43-35-28-23-21-25-32-39-46-53-66(7)9-2)62-87-91(79,80)85-58-67(74)59-86-92(81,82)88-63-69(61-84-71(76)55-48-41-36-29-31-38-45-52-65(5)6)90-72(77)56-49-42-34-27-22-20-24-30-37-44-51-64(3)4/h14-17,64-69,74H,8-13,18-63H2,1-7H3,(H,79,80)(H,81,82)/b15-14-,17-16-/t66?,67?,68-,69-/m1/s1.